The number of nitrogens with zero attached hydrogens (tertiary/aromatic N) is 2. The molecule has 4 aromatic rings. The first kappa shape index (κ1) is 22.3. The second-order valence-corrected chi connectivity index (χ2v) is 10.3. The van der Waals surface area contributed by atoms with Gasteiger partial charge in [0.15, 0.2) is 5.82 Å². The molecule has 5 heteroatoms. The first-order chi connectivity index (χ1) is 17.0. The smallest absolute Gasteiger partial charge is 0.153 e. The second kappa shape index (κ2) is 9.12. The Morgan fingerprint density at radius 2 is 1.91 bits per heavy atom. The van der Waals surface area contributed by atoms with E-state index in [0.717, 1.165) is 48.5 Å². The van der Waals surface area contributed by atoms with Gasteiger partial charge in [0.2, 0.25) is 0 Å². The maximum atomic E-state index is 14.0. The number of aromatic amines is 1. The van der Waals surface area contributed by atoms with Crippen molar-refractivity contribution in [2.24, 2.45) is 0 Å². The highest BCUT2D eigenvalue weighted by molar-refractivity contribution is 5.93. The standard InChI is InChI=1S/C30H33FN4/c1-19-20(2)32-29-26(19)17-28(34-30(29)35-14-13-22-8-3-4-9-23(22)18-35)27(33-25-11-6-12-25)16-21-7-5-10-24(31)15-21/h3-5,7-10,15,17,25,27,32-33H,6,11-14,16,18H2,1-2H3. The van der Waals surface area contributed by atoms with Crippen LogP contribution in [-0.2, 0) is 19.4 Å². The summed E-state index contributed by atoms with van der Waals surface area (Å²) < 4.78 is 14.0. The number of hydrogen-bond donors (Lipinski definition) is 2. The lowest BCUT2D eigenvalue weighted by Crippen LogP contribution is -2.39. The molecule has 180 valence electrons. The van der Waals surface area contributed by atoms with E-state index in [1.165, 1.54) is 53.1 Å². The topological polar surface area (TPSA) is 44.0 Å². The zero-order valence-corrected chi connectivity index (χ0v) is 20.6. The van der Waals surface area contributed by atoms with E-state index in [-0.39, 0.29) is 11.9 Å². The van der Waals surface area contributed by atoms with Gasteiger partial charge in [-0.3, -0.25) is 0 Å². The van der Waals surface area contributed by atoms with Gasteiger partial charge in [-0.2, -0.15) is 0 Å². The summed E-state index contributed by atoms with van der Waals surface area (Å²) in [6.07, 6.45) is 5.40. The Labute approximate surface area is 206 Å². The van der Waals surface area contributed by atoms with E-state index >= 15 is 0 Å². The fourth-order valence-corrected chi connectivity index (χ4v) is 5.55. The highest BCUT2D eigenvalue weighted by atomic mass is 19.1. The first-order valence-electron chi connectivity index (χ1n) is 12.9. The van der Waals surface area contributed by atoms with E-state index in [1.54, 1.807) is 12.1 Å². The van der Waals surface area contributed by atoms with Crippen molar-refractivity contribution in [3.8, 4) is 0 Å². The van der Waals surface area contributed by atoms with Crippen molar-refractivity contribution in [3.63, 3.8) is 0 Å². The highest BCUT2D eigenvalue weighted by Gasteiger charge is 2.27. The lowest BCUT2D eigenvalue weighted by molar-refractivity contribution is 0.301. The number of pyridine rings is 1. The van der Waals surface area contributed by atoms with E-state index in [0.29, 0.717) is 6.04 Å². The molecular weight excluding hydrogens is 435 g/mol. The molecule has 1 unspecified atom stereocenters. The van der Waals surface area contributed by atoms with E-state index in [2.05, 4.69) is 59.4 Å². The van der Waals surface area contributed by atoms with Crippen molar-refractivity contribution >= 4 is 16.7 Å². The molecule has 1 atom stereocenters. The number of H-pyrrole nitrogens is 1. The molecule has 2 aromatic carbocycles. The number of halogens is 1. The monoisotopic (exact) mass is 468 g/mol. The van der Waals surface area contributed by atoms with E-state index in [4.69, 9.17) is 4.98 Å². The summed E-state index contributed by atoms with van der Waals surface area (Å²) >= 11 is 0. The Bertz CT molecular complexity index is 1370. The Balaban J connectivity index is 1.43. The van der Waals surface area contributed by atoms with Crippen molar-refractivity contribution in [1.82, 2.24) is 15.3 Å². The molecule has 4 nitrogen and oxygen atoms in total. The molecule has 1 aliphatic carbocycles. The highest BCUT2D eigenvalue weighted by Crippen LogP contribution is 2.35. The van der Waals surface area contributed by atoms with Crippen molar-refractivity contribution in [2.75, 3.05) is 11.4 Å². The number of aromatic nitrogens is 2. The van der Waals surface area contributed by atoms with E-state index < -0.39 is 0 Å². The average molecular weight is 469 g/mol. The van der Waals surface area contributed by atoms with Gasteiger partial charge in [-0.15, -0.1) is 0 Å². The number of anilines is 1. The van der Waals surface area contributed by atoms with Gasteiger partial charge in [0.25, 0.3) is 0 Å². The van der Waals surface area contributed by atoms with Gasteiger partial charge in [-0.05, 0) is 80.0 Å². The van der Waals surface area contributed by atoms with Crippen LogP contribution in [0.3, 0.4) is 0 Å². The molecule has 0 amide bonds. The van der Waals surface area contributed by atoms with Crippen molar-refractivity contribution in [1.29, 1.82) is 0 Å². The van der Waals surface area contributed by atoms with Crippen LogP contribution < -0.4 is 10.2 Å². The molecule has 0 radical (unpaired) electrons. The van der Waals surface area contributed by atoms with Crippen LogP contribution in [0.1, 0.15) is 58.9 Å². The lowest BCUT2D eigenvalue weighted by atomic mass is 9.90. The van der Waals surface area contributed by atoms with Gasteiger partial charge >= 0.3 is 0 Å². The van der Waals surface area contributed by atoms with Crippen LogP contribution in [0.2, 0.25) is 0 Å². The summed E-state index contributed by atoms with van der Waals surface area (Å²) in [5.74, 6) is 0.848. The summed E-state index contributed by atoms with van der Waals surface area (Å²) in [6, 6.07) is 18.5. The molecule has 2 N–H and O–H groups in total. The molecule has 6 rings (SSSR count). The van der Waals surface area contributed by atoms with E-state index in [9.17, 15) is 4.39 Å². The van der Waals surface area contributed by atoms with E-state index in [1.807, 2.05) is 6.07 Å². The Morgan fingerprint density at radius 1 is 1.09 bits per heavy atom. The summed E-state index contributed by atoms with van der Waals surface area (Å²) in [6.45, 7) is 6.14. The van der Waals surface area contributed by atoms with Crippen LogP contribution in [-0.4, -0.2) is 22.6 Å². The molecule has 2 aromatic heterocycles. The largest absolute Gasteiger partial charge is 0.355 e. The van der Waals surface area contributed by atoms with Gasteiger partial charge in [0.05, 0.1) is 17.3 Å². The predicted octanol–water partition coefficient (Wildman–Crippen LogP) is 6.31. The van der Waals surface area contributed by atoms with Crippen molar-refractivity contribution in [2.45, 2.75) is 64.6 Å². The number of rotatable bonds is 6. The molecule has 1 fully saturated rings. The molecule has 0 saturated heterocycles. The summed E-state index contributed by atoms with van der Waals surface area (Å²) in [5.41, 5.74) is 8.44. The van der Waals surface area contributed by atoms with Crippen LogP contribution in [0.15, 0.2) is 54.6 Å². The van der Waals surface area contributed by atoms with Gasteiger partial charge < -0.3 is 15.2 Å². The van der Waals surface area contributed by atoms with Gasteiger partial charge in [-0.1, -0.05) is 42.8 Å². The molecule has 1 aliphatic heterocycles. The minimum absolute atomic E-state index is 0.0388. The number of benzene rings is 2. The zero-order chi connectivity index (χ0) is 23.9. The number of hydrogen-bond acceptors (Lipinski definition) is 3. The second-order valence-electron chi connectivity index (χ2n) is 10.3. The fourth-order valence-electron chi connectivity index (χ4n) is 5.55. The molecule has 1 saturated carbocycles. The SMILES string of the molecule is Cc1[nH]c2c(N3CCc4ccccc4C3)nc(C(Cc3cccc(F)c3)NC3CCC3)cc2c1C. The van der Waals surface area contributed by atoms with Crippen LogP contribution in [0.5, 0.6) is 0 Å². The lowest BCUT2D eigenvalue weighted by Gasteiger charge is -2.33. The van der Waals surface area contributed by atoms with Crippen molar-refractivity contribution in [3.05, 3.63) is 94.1 Å². The number of aryl methyl sites for hydroxylation is 2. The average Bonchev–Trinajstić information content (AvgIpc) is 3.13. The van der Waals surface area contributed by atoms with Gasteiger partial charge in [-0.25, -0.2) is 9.37 Å². The van der Waals surface area contributed by atoms with Crippen LogP contribution in [0, 0.1) is 19.7 Å². The molecule has 0 spiro atoms. The number of fused-ring (bicyclic) bond motifs is 2. The van der Waals surface area contributed by atoms with Crippen molar-refractivity contribution < 1.29 is 4.39 Å². The fraction of sp³-hybridized carbons (Fsp3) is 0.367. The molecule has 0 bridgehead atoms. The van der Waals surface area contributed by atoms with Crippen LogP contribution >= 0.6 is 0 Å². The normalized spacial score (nSPS) is 16.8. The molecule has 2 aliphatic rings. The van der Waals surface area contributed by atoms with Crippen LogP contribution in [0.4, 0.5) is 10.2 Å². The summed E-state index contributed by atoms with van der Waals surface area (Å²) in [4.78, 5) is 11.4. The summed E-state index contributed by atoms with van der Waals surface area (Å²) in [7, 11) is 0. The molecule has 35 heavy (non-hydrogen) atoms. The Kier molecular flexibility index (Phi) is 5.81. The first-order valence-corrected chi connectivity index (χ1v) is 12.9. The Morgan fingerprint density at radius 3 is 2.69 bits per heavy atom. The predicted molar refractivity (Wildman–Crippen MR) is 140 cm³/mol. The molecular formula is C30H33FN4. The maximum Gasteiger partial charge on any atom is 0.153 e. The summed E-state index contributed by atoms with van der Waals surface area (Å²) in [5, 5.41) is 5.10. The van der Waals surface area contributed by atoms with Crippen LogP contribution in [0.25, 0.3) is 10.9 Å². The Hall–Kier alpha value is -3.18. The van der Waals surface area contributed by atoms with Gasteiger partial charge in [0.1, 0.15) is 5.82 Å². The number of nitrogens with one attached hydrogen (secondary N) is 2. The molecule has 3 heterocycles. The van der Waals surface area contributed by atoms with Gasteiger partial charge in [0, 0.05) is 30.2 Å². The third-order valence-electron chi connectivity index (χ3n) is 7.96. The minimum atomic E-state index is -0.182. The maximum absolute atomic E-state index is 14.0. The quantitative estimate of drug-likeness (QED) is 0.349. The zero-order valence-electron chi connectivity index (χ0n) is 20.6. The third-order valence-corrected chi connectivity index (χ3v) is 7.96. The minimum Gasteiger partial charge on any atom is -0.355 e. The third kappa shape index (κ3) is 4.34.